The number of aliphatic imine (C=N–C) groups is 1. The second-order valence-corrected chi connectivity index (χ2v) is 11.2. The van der Waals surface area contributed by atoms with Gasteiger partial charge in [0, 0.05) is 28.9 Å². The molecule has 0 aromatic heterocycles. The van der Waals surface area contributed by atoms with Gasteiger partial charge in [-0.3, -0.25) is 9.79 Å². The molecule has 0 bridgehead atoms. The first-order valence-electron chi connectivity index (χ1n) is 10.7. The second-order valence-electron chi connectivity index (χ2n) is 8.74. The van der Waals surface area contributed by atoms with Crippen LogP contribution in [-0.4, -0.2) is 34.1 Å². The minimum Gasteiger partial charge on any atom is -0.326 e. The molecule has 2 aromatic carbocycles. The lowest BCUT2D eigenvalue weighted by molar-refractivity contribution is 0.260. The van der Waals surface area contributed by atoms with Crippen LogP contribution in [0.2, 0.25) is 10.0 Å². The predicted octanol–water partition coefficient (Wildman–Crippen LogP) is 6.54. The van der Waals surface area contributed by atoms with Crippen molar-refractivity contribution in [1.29, 1.82) is 0 Å². The number of rotatable bonds is 3. The zero-order valence-electron chi connectivity index (χ0n) is 18.6. The molecule has 0 spiro atoms. The van der Waals surface area contributed by atoms with Crippen LogP contribution in [0.3, 0.4) is 0 Å². The number of hydrazone groups is 1. The first-order chi connectivity index (χ1) is 15.2. The maximum atomic E-state index is 11.8. The standard InChI is InChI=1S/C24H26Cl2N4OS/c1-14(2)27-22(18-9-8-17(25)13-19(18)26)30-11-5-6-15-12-16(7-10-20(15)30)21-24(3,4)32-23(31)29-28-21/h7-10,12-14H,5-6,11H2,1-4H3,(H,29,31). The van der Waals surface area contributed by atoms with Gasteiger partial charge in [-0.25, -0.2) is 5.43 Å². The molecular formula is C24H26Cl2N4OS. The summed E-state index contributed by atoms with van der Waals surface area (Å²) in [7, 11) is 0. The van der Waals surface area contributed by atoms with Crippen molar-refractivity contribution in [3.8, 4) is 0 Å². The highest BCUT2D eigenvalue weighted by atomic mass is 35.5. The van der Waals surface area contributed by atoms with Gasteiger partial charge in [-0.2, -0.15) is 5.10 Å². The SMILES string of the molecule is CC(C)N=C(c1ccc(Cl)cc1Cl)N1CCCc2cc(C3=NNC(=O)SC3(C)C)ccc21. The molecule has 0 saturated carbocycles. The van der Waals surface area contributed by atoms with Crippen LogP contribution in [0.5, 0.6) is 0 Å². The maximum absolute atomic E-state index is 11.8. The number of halogens is 2. The maximum Gasteiger partial charge on any atom is 0.300 e. The van der Waals surface area contributed by atoms with E-state index in [9.17, 15) is 4.79 Å². The van der Waals surface area contributed by atoms with Crippen LogP contribution in [0.25, 0.3) is 0 Å². The van der Waals surface area contributed by atoms with E-state index in [4.69, 9.17) is 28.2 Å². The fourth-order valence-electron chi connectivity index (χ4n) is 4.12. The van der Waals surface area contributed by atoms with Crippen LogP contribution in [0.1, 0.15) is 50.8 Å². The van der Waals surface area contributed by atoms with Gasteiger partial charge in [-0.15, -0.1) is 0 Å². The van der Waals surface area contributed by atoms with Crippen LogP contribution in [-0.2, 0) is 6.42 Å². The number of hydrogen-bond donors (Lipinski definition) is 1. The van der Waals surface area contributed by atoms with Gasteiger partial charge in [0.1, 0.15) is 5.84 Å². The number of nitrogens with zero attached hydrogens (tertiary/aromatic N) is 3. The van der Waals surface area contributed by atoms with E-state index < -0.39 is 4.75 Å². The molecule has 0 unspecified atom stereocenters. The van der Waals surface area contributed by atoms with E-state index >= 15 is 0 Å². The largest absolute Gasteiger partial charge is 0.326 e. The molecule has 1 amide bonds. The first-order valence-corrected chi connectivity index (χ1v) is 12.2. The highest BCUT2D eigenvalue weighted by molar-refractivity contribution is 8.15. The Kier molecular flexibility index (Phi) is 6.57. The van der Waals surface area contributed by atoms with Crippen molar-refractivity contribution in [2.75, 3.05) is 11.4 Å². The Hall–Kier alpha value is -2.02. The van der Waals surface area contributed by atoms with Gasteiger partial charge in [0.2, 0.25) is 0 Å². The molecule has 0 radical (unpaired) electrons. The molecule has 0 aliphatic carbocycles. The molecule has 2 aliphatic rings. The summed E-state index contributed by atoms with van der Waals surface area (Å²) in [5.41, 5.74) is 7.73. The summed E-state index contributed by atoms with van der Waals surface area (Å²) in [6.07, 6.45) is 1.97. The monoisotopic (exact) mass is 488 g/mol. The summed E-state index contributed by atoms with van der Waals surface area (Å²) in [4.78, 5) is 19.0. The highest BCUT2D eigenvalue weighted by Crippen LogP contribution is 2.36. The van der Waals surface area contributed by atoms with Crippen LogP contribution < -0.4 is 10.3 Å². The Bertz CT molecular complexity index is 1130. The van der Waals surface area contributed by atoms with Crippen molar-refractivity contribution < 1.29 is 4.79 Å². The van der Waals surface area contributed by atoms with E-state index in [1.54, 1.807) is 6.07 Å². The number of amidine groups is 1. The minimum absolute atomic E-state index is 0.111. The summed E-state index contributed by atoms with van der Waals surface area (Å²) in [5.74, 6) is 0.855. The quantitative estimate of drug-likeness (QED) is 0.394. The summed E-state index contributed by atoms with van der Waals surface area (Å²) < 4.78 is -0.397. The summed E-state index contributed by atoms with van der Waals surface area (Å²) in [6.45, 7) is 9.03. The number of fused-ring (bicyclic) bond motifs is 1. The lowest BCUT2D eigenvalue weighted by Crippen LogP contribution is -2.39. The number of nitrogens with one attached hydrogen (secondary N) is 1. The van der Waals surface area contributed by atoms with E-state index in [1.807, 2.05) is 26.0 Å². The van der Waals surface area contributed by atoms with Crippen molar-refractivity contribution in [1.82, 2.24) is 5.43 Å². The topological polar surface area (TPSA) is 57.1 Å². The first kappa shape index (κ1) is 23.1. The minimum atomic E-state index is -0.397. The Morgan fingerprint density at radius 3 is 2.69 bits per heavy atom. The Balaban J connectivity index is 1.77. The Labute approximate surface area is 203 Å². The number of carbonyl (C=O) groups is 1. The zero-order valence-corrected chi connectivity index (χ0v) is 20.9. The van der Waals surface area contributed by atoms with E-state index in [1.165, 1.54) is 17.3 Å². The van der Waals surface area contributed by atoms with E-state index in [-0.39, 0.29) is 11.3 Å². The third-order valence-electron chi connectivity index (χ3n) is 5.46. The van der Waals surface area contributed by atoms with Crippen LogP contribution in [0.15, 0.2) is 46.5 Å². The molecule has 32 heavy (non-hydrogen) atoms. The fourth-order valence-corrected chi connectivity index (χ4v) is 5.42. The summed E-state index contributed by atoms with van der Waals surface area (Å²) in [5, 5.41) is 5.44. The molecule has 2 aliphatic heterocycles. The van der Waals surface area contributed by atoms with Gasteiger partial charge in [-0.1, -0.05) is 41.0 Å². The van der Waals surface area contributed by atoms with Crippen molar-refractivity contribution in [3.05, 3.63) is 63.1 Å². The number of aryl methyl sites for hydroxylation is 1. The molecule has 0 atom stereocenters. The number of thioether (sulfide) groups is 1. The van der Waals surface area contributed by atoms with E-state index in [2.05, 4.69) is 47.5 Å². The van der Waals surface area contributed by atoms with Crippen LogP contribution in [0, 0.1) is 0 Å². The highest BCUT2D eigenvalue weighted by Gasteiger charge is 2.35. The molecule has 2 aromatic rings. The molecular weight excluding hydrogens is 463 g/mol. The Morgan fingerprint density at radius 1 is 1.22 bits per heavy atom. The molecule has 2 heterocycles. The second kappa shape index (κ2) is 9.08. The molecule has 0 saturated heterocycles. The van der Waals surface area contributed by atoms with Gasteiger partial charge >= 0.3 is 0 Å². The van der Waals surface area contributed by atoms with E-state index in [0.717, 1.165) is 47.7 Å². The number of amides is 1. The van der Waals surface area contributed by atoms with Crippen molar-refractivity contribution in [2.45, 2.75) is 51.3 Å². The van der Waals surface area contributed by atoms with Crippen molar-refractivity contribution in [2.24, 2.45) is 10.1 Å². The average molecular weight is 489 g/mol. The third kappa shape index (κ3) is 4.68. The van der Waals surface area contributed by atoms with Crippen molar-refractivity contribution >= 4 is 57.4 Å². The summed E-state index contributed by atoms with van der Waals surface area (Å²) in [6, 6.07) is 12.1. The van der Waals surface area contributed by atoms with Gasteiger partial charge in [0.15, 0.2) is 0 Å². The number of hydrogen-bond acceptors (Lipinski definition) is 4. The molecule has 8 heteroatoms. The number of anilines is 1. The Morgan fingerprint density at radius 2 is 2.00 bits per heavy atom. The zero-order chi connectivity index (χ0) is 23.0. The fraction of sp³-hybridized carbons (Fsp3) is 0.375. The molecule has 1 N–H and O–H groups in total. The van der Waals surface area contributed by atoms with Crippen molar-refractivity contribution in [3.63, 3.8) is 0 Å². The number of carbonyl (C=O) groups excluding carboxylic acids is 1. The molecule has 4 rings (SSSR count). The van der Waals surface area contributed by atoms with Gasteiger partial charge < -0.3 is 4.90 Å². The number of benzene rings is 2. The lowest BCUT2D eigenvalue weighted by atomic mass is 9.93. The van der Waals surface area contributed by atoms with Gasteiger partial charge in [0.25, 0.3) is 5.24 Å². The molecule has 0 fully saturated rings. The average Bonchev–Trinajstić information content (AvgIpc) is 2.71. The smallest absolute Gasteiger partial charge is 0.300 e. The van der Waals surface area contributed by atoms with Crippen LogP contribution >= 0.6 is 35.0 Å². The predicted molar refractivity (Wildman–Crippen MR) is 137 cm³/mol. The van der Waals surface area contributed by atoms with Gasteiger partial charge in [-0.05, 0) is 82.0 Å². The summed E-state index contributed by atoms with van der Waals surface area (Å²) >= 11 is 14.0. The van der Waals surface area contributed by atoms with E-state index in [0.29, 0.717) is 10.0 Å². The normalized spacial score (nSPS) is 18.3. The molecule has 5 nitrogen and oxygen atoms in total. The lowest BCUT2D eigenvalue weighted by Gasteiger charge is -2.34. The molecule has 168 valence electrons. The van der Waals surface area contributed by atoms with Gasteiger partial charge in [0.05, 0.1) is 15.5 Å². The third-order valence-corrected chi connectivity index (χ3v) is 6.99. The van der Waals surface area contributed by atoms with Crippen LogP contribution in [0.4, 0.5) is 10.5 Å².